The molecule has 2 nitrogen and oxygen atoms in total. The Balaban J connectivity index is 3.08. The van der Waals surface area contributed by atoms with Gasteiger partial charge in [0.25, 0.3) is 0 Å². The molecular weight excluding hydrogens is 186 g/mol. The summed E-state index contributed by atoms with van der Waals surface area (Å²) in [4.78, 5) is 0. The van der Waals surface area contributed by atoms with E-state index < -0.39 is 11.6 Å². The lowest BCUT2D eigenvalue weighted by atomic mass is 9.92. The van der Waals surface area contributed by atoms with Gasteiger partial charge < -0.3 is 11.5 Å². The standard InChI is InChI=1S/C10H14F2N2/c1-6(14)9(5-13)8-4-7(11)2-3-10(8)12/h2-4,6,9H,5,13-14H2,1H3. The number of rotatable bonds is 3. The molecule has 14 heavy (non-hydrogen) atoms. The Bertz CT molecular complexity index is 313. The number of benzene rings is 1. The average Bonchev–Trinajstić information content (AvgIpc) is 2.11. The first-order chi connectivity index (χ1) is 6.56. The van der Waals surface area contributed by atoms with Crippen LogP contribution in [0.5, 0.6) is 0 Å². The lowest BCUT2D eigenvalue weighted by Gasteiger charge is -2.19. The topological polar surface area (TPSA) is 52.0 Å². The van der Waals surface area contributed by atoms with Gasteiger partial charge in [-0.2, -0.15) is 0 Å². The minimum absolute atomic E-state index is 0.206. The Labute approximate surface area is 81.9 Å². The summed E-state index contributed by atoms with van der Waals surface area (Å²) in [5.41, 5.74) is 11.3. The number of hydrogen-bond acceptors (Lipinski definition) is 2. The third-order valence-corrected chi connectivity index (χ3v) is 2.25. The van der Waals surface area contributed by atoms with E-state index in [1.54, 1.807) is 6.92 Å². The molecule has 0 aromatic heterocycles. The molecule has 0 amide bonds. The maximum Gasteiger partial charge on any atom is 0.126 e. The summed E-state index contributed by atoms with van der Waals surface area (Å²) in [7, 11) is 0. The second-order valence-corrected chi connectivity index (χ2v) is 3.37. The van der Waals surface area contributed by atoms with Gasteiger partial charge in [0, 0.05) is 18.5 Å². The normalized spacial score (nSPS) is 15.2. The van der Waals surface area contributed by atoms with Crippen molar-refractivity contribution in [3.8, 4) is 0 Å². The summed E-state index contributed by atoms with van der Waals surface area (Å²) >= 11 is 0. The van der Waals surface area contributed by atoms with Crippen molar-refractivity contribution < 1.29 is 8.78 Å². The van der Waals surface area contributed by atoms with E-state index in [0.29, 0.717) is 0 Å². The molecule has 4 heteroatoms. The van der Waals surface area contributed by atoms with Crippen molar-refractivity contribution in [3.05, 3.63) is 35.4 Å². The molecule has 0 aliphatic rings. The lowest BCUT2D eigenvalue weighted by Crippen LogP contribution is -2.31. The van der Waals surface area contributed by atoms with Crippen LogP contribution in [0.3, 0.4) is 0 Å². The molecule has 0 saturated heterocycles. The van der Waals surface area contributed by atoms with Crippen LogP contribution in [-0.2, 0) is 0 Å². The summed E-state index contributed by atoms with van der Waals surface area (Å²) in [5, 5.41) is 0. The highest BCUT2D eigenvalue weighted by atomic mass is 19.1. The third kappa shape index (κ3) is 2.27. The Morgan fingerprint density at radius 3 is 2.50 bits per heavy atom. The predicted molar refractivity (Wildman–Crippen MR) is 51.8 cm³/mol. The molecule has 1 aromatic rings. The summed E-state index contributed by atoms with van der Waals surface area (Å²) in [6.45, 7) is 1.93. The molecular formula is C10H14F2N2. The molecule has 0 spiro atoms. The number of hydrogen-bond donors (Lipinski definition) is 2. The zero-order valence-electron chi connectivity index (χ0n) is 8.00. The minimum atomic E-state index is -0.472. The molecule has 0 bridgehead atoms. The predicted octanol–water partition coefficient (Wildman–Crippen LogP) is 1.35. The highest BCUT2D eigenvalue weighted by Crippen LogP contribution is 2.21. The van der Waals surface area contributed by atoms with E-state index >= 15 is 0 Å². The van der Waals surface area contributed by atoms with Gasteiger partial charge in [0.05, 0.1) is 0 Å². The van der Waals surface area contributed by atoms with Crippen LogP contribution in [0.15, 0.2) is 18.2 Å². The second kappa shape index (κ2) is 4.48. The van der Waals surface area contributed by atoms with Gasteiger partial charge >= 0.3 is 0 Å². The summed E-state index contributed by atoms with van der Waals surface area (Å²) in [6, 6.07) is 3.02. The summed E-state index contributed by atoms with van der Waals surface area (Å²) in [5.74, 6) is -1.27. The first kappa shape index (κ1) is 11.1. The van der Waals surface area contributed by atoms with E-state index in [1.807, 2.05) is 0 Å². The zero-order chi connectivity index (χ0) is 10.7. The highest BCUT2D eigenvalue weighted by molar-refractivity contribution is 5.24. The molecule has 0 aliphatic heterocycles. The highest BCUT2D eigenvalue weighted by Gasteiger charge is 2.18. The third-order valence-electron chi connectivity index (χ3n) is 2.25. The van der Waals surface area contributed by atoms with Crippen LogP contribution in [0, 0.1) is 11.6 Å². The fourth-order valence-electron chi connectivity index (χ4n) is 1.42. The van der Waals surface area contributed by atoms with Crippen molar-refractivity contribution >= 4 is 0 Å². The Kier molecular flexibility index (Phi) is 3.55. The van der Waals surface area contributed by atoms with Gasteiger partial charge in [0.2, 0.25) is 0 Å². The van der Waals surface area contributed by atoms with E-state index in [1.165, 1.54) is 0 Å². The van der Waals surface area contributed by atoms with Crippen molar-refractivity contribution in [1.82, 2.24) is 0 Å². The number of halogens is 2. The van der Waals surface area contributed by atoms with Gasteiger partial charge in [0.15, 0.2) is 0 Å². The molecule has 0 radical (unpaired) electrons. The van der Waals surface area contributed by atoms with Crippen LogP contribution in [-0.4, -0.2) is 12.6 Å². The monoisotopic (exact) mass is 200 g/mol. The molecule has 0 heterocycles. The molecule has 2 atom stereocenters. The van der Waals surface area contributed by atoms with Gasteiger partial charge in [-0.25, -0.2) is 8.78 Å². The first-order valence-corrected chi connectivity index (χ1v) is 4.47. The van der Waals surface area contributed by atoms with E-state index in [-0.39, 0.29) is 24.1 Å². The minimum Gasteiger partial charge on any atom is -0.330 e. The van der Waals surface area contributed by atoms with Crippen LogP contribution < -0.4 is 11.5 Å². The fraction of sp³-hybridized carbons (Fsp3) is 0.400. The molecule has 0 fully saturated rings. The molecule has 0 saturated carbocycles. The fourth-order valence-corrected chi connectivity index (χ4v) is 1.42. The SMILES string of the molecule is CC(N)C(CN)c1cc(F)ccc1F. The largest absolute Gasteiger partial charge is 0.330 e. The van der Waals surface area contributed by atoms with Crippen LogP contribution in [0.2, 0.25) is 0 Å². The van der Waals surface area contributed by atoms with Gasteiger partial charge in [-0.3, -0.25) is 0 Å². The van der Waals surface area contributed by atoms with Crippen LogP contribution in [0.4, 0.5) is 8.78 Å². The van der Waals surface area contributed by atoms with Gasteiger partial charge in [-0.15, -0.1) is 0 Å². The zero-order valence-corrected chi connectivity index (χ0v) is 8.00. The van der Waals surface area contributed by atoms with Gasteiger partial charge in [-0.05, 0) is 30.7 Å². The molecule has 2 unspecified atom stereocenters. The molecule has 78 valence electrons. The van der Waals surface area contributed by atoms with Crippen LogP contribution in [0.25, 0.3) is 0 Å². The van der Waals surface area contributed by atoms with E-state index in [9.17, 15) is 8.78 Å². The van der Waals surface area contributed by atoms with E-state index in [0.717, 1.165) is 18.2 Å². The Hall–Kier alpha value is -1.00. The van der Waals surface area contributed by atoms with Gasteiger partial charge in [0.1, 0.15) is 11.6 Å². The van der Waals surface area contributed by atoms with Crippen molar-refractivity contribution in [2.75, 3.05) is 6.54 Å². The maximum absolute atomic E-state index is 13.3. The van der Waals surface area contributed by atoms with Crippen LogP contribution >= 0.6 is 0 Å². The van der Waals surface area contributed by atoms with E-state index in [2.05, 4.69) is 0 Å². The average molecular weight is 200 g/mol. The van der Waals surface area contributed by atoms with E-state index in [4.69, 9.17) is 11.5 Å². The molecule has 0 aliphatic carbocycles. The van der Waals surface area contributed by atoms with Crippen molar-refractivity contribution in [2.24, 2.45) is 11.5 Å². The van der Waals surface area contributed by atoms with Crippen molar-refractivity contribution in [1.29, 1.82) is 0 Å². The smallest absolute Gasteiger partial charge is 0.126 e. The second-order valence-electron chi connectivity index (χ2n) is 3.37. The molecule has 1 aromatic carbocycles. The van der Waals surface area contributed by atoms with Gasteiger partial charge in [-0.1, -0.05) is 0 Å². The maximum atomic E-state index is 13.3. The quantitative estimate of drug-likeness (QED) is 0.773. The Morgan fingerprint density at radius 1 is 1.36 bits per heavy atom. The van der Waals surface area contributed by atoms with Crippen LogP contribution in [0.1, 0.15) is 18.4 Å². The molecule has 4 N–H and O–H groups in total. The summed E-state index contributed by atoms with van der Waals surface area (Å²) in [6.07, 6.45) is 0. The van der Waals surface area contributed by atoms with Crippen molar-refractivity contribution in [3.63, 3.8) is 0 Å². The summed E-state index contributed by atoms with van der Waals surface area (Å²) < 4.78 is 26.1. The number of nitrogens with two attached hydrogens (primary N) is 2. The van der Waals surface area contributed by atoms with Crippen molar-refractivity contribution in [2.45, 2.75) is 18.9 Å². The first-order valence-electron chi connectivity index (χ1n) is 4.47. The Morgan fingerprint density at radius 2 is 2.00 bits per heavy atom. The lowest BCUT2D eigenvalue weighted by molar-refractivity contribution is 0.520. The molecule has 1 rings (SSSR count).